The van der Waals surface area contributed by atoms with E-state index in [-0.39, 0.29) is 0 Å². The van der Waals surface area contributed by atoms with Crippen molar-refractivity contribution in [1.29, 1.82) is 0 Å². The van der Waals surface area contributed by atoms with E-state index in [1.807, 2.05) is 0 Å². The van der Waals surface area contributed by atoms with Crippen LogP contribution in [0.4, 0.5) is 0 Å². The summed E-state index contributed by atoms with van der Waals surface area (Å²) in [5, 5.41) is 3.39. The highest BCUT2D eigenvalue weighted by Crippen LogP contribution is 2.25. The van der Waals surface area contributed by atoms with E-state index >= 15 is 0 Å². The molecule has 0 aromatic carbocycles. The van der Waals surface area contributed by atoms with E-state index in [4.69, 9.17) is 4.74 Å². The van der Waals surface area contributed by atoms with E-state index < -0.39 is 0 Å². The van der Waals surface area contributed by atoms with Crippen LogP contribution in [0.2, 0.25) is 0 Å². The summed E-state index contributed by atoms with van der Waals surface area (Å²) in [6.07, 6.45) is 2.52. The summed E-state index contributed by atoms with van der Waals surface area (Å²) in [5.41, 5.74) is 0.320. The molecule has 2 rings (SSSR count). The van der Waals surface area contributed by atoms with Crippen LogP contribution < -0.4 is 5.32 Å². The minimum atomic E-state index is 0.320. The van der Waals surface area contributed by atoms with Gasteiger partial charge in [0.2, 0.25) is 0 Å². The van der Waals surface area contributed by atoms with Crippen molar-refractivity contribution in [2.75, 3.05) is 39.4 Å². The van der Waals surface area contributed by atoms with Gasteiger partial charge in [-0.3, -0.25) is 4.90 Å². The first-order chi connectivity index (χ1) is 6.31. The standard InChI is InChI=1S/C10H20N2O/c1-10(3-2-8-13-9-10)12-6-4-11-5-7-12/h11H,2-9H2,1H3. The van der Waals surface area contributed by atoms with E-state index in [0.29, 0.717) is 5.54 Å². The van der Waals surface area contributed by atoms with Crippen molar-refractivity contribution in [3.8, 4) is 0 Å². The molecule has 0 aromatic rings. The van der Waals surface area contributed by atoms with Crippen molar-refractivity contribution in [2.45, 2.75) is 25.3 Å². The molecule has 0 aromatic heterocycles. The third kappa shape index (κ3) is 2.03. The lowest BCUT2D eigenvalue weighted by Crippen LogP contribution is -2.58. The van der Waals surface area contributed by atoms with Crippen LogP contribution in [0.1, 0.15) is 19.8 Å². The molecule has 1 N–H and O–H groups in total. The molecule has 76 valence electrons. The summed E-state index contributed by atoms with van der Waals surface area (Å²) in [4.78, 5) is 2.59. The molecule has 13 heavy (non-hydrogen) atoms. The highest BCUT2D eigenvalue weighted by Gasteiger charge is 2.34. The van der Waals surface area contributed by atoms with Crippen molar-refractivity contribution in [3.05, 3.63) is 0 Å². The average molecular weight is 184 g/mol. The van der Waals surface area contributed by atoms with E-state index in [9.17, 15) is 0 Å². The Morgan fingerprint density at radius 2 is 2.08 bits per heavy atom. The van der Waals surface area contributed by atoms with Crippen LogP contribution in [-0.4, -0.2) is 49.8 Å². The van der Waals surface area contributed by atoms with Gasteiger partial charge in [-0.15, -0.1) is 0 Å². The second-order valence-corrected chi connectivity index (χ2v) is 4.39. The summed E-state index contributed by atoms with van der Waals surface area (Å²) in [6.45, 7) is 8.86. The Bertz CT molecular complexity index is 160. The molecule has 1 atom stereocenters. The van der Waals surface area contributed by atoms with Crippen molar-refractivity contribution in [1.82, 2.24) is 10.2 Å². The Labute approximate surface area is 80.4 Å². The zero-order chi connectivity index (χ0) is 9.15. The van der Waals surface area contributed by atoms with Crippen molar-refractivity contribution in [2.24, 2.45) is 0 Å². The maximum atomic E-state index is 5.58. The van der Waals surface area contributed by atoms with Crippen LogP contribution in [-0.2, 0) is 4.74 Å². The molecule has 0 spiro atoms. The van der Waals surface area contributed by atoms with E-state index in [0.717, 1.165) is 26.3 Å². The SMILES string of the molecule is CC1(N2CCNCC2)CCCOC1. The largest absolute Gasteiger partial charge is 0.380 e. The van der Waals surface area contributed by atoms with Gasteiger partial charge in [-0.25, -0.2) is 0 Å². The molecule has 1 unspecified atom stereocenters. The number of hydrogen-bond acceptors (Lipinski definition) is 3. The monoisotopic (exact) mass is 184 g/mol. The van der Waals surface area contributed by atoms with Gasteiger partial charge in [0.15, 0.2) is 0 Å². The fraction of sp³-hybridized carbons (Fsp3) is 1.00. The molecule has 3 nitrogen and oxygen atoms in total. The fourth-order valence-electron chi connectivity index (χ4n) is 2.37. The molecule has 2 aliphatic heterocycles. The van der Waals surface area contributed by atoms with Crippen LogP contribution >= 0.6 is 0 Å². The molecule has 2 saturated heterocycles. The number of ether oxygens (including phenoxy) is 1. The average Bonchev–Trinajstić information content (AvgIpc) is 2.20. The third-order valence-electron chi connectivity index (χ3n) is 3.30. The van der Waals surface area contributed by atoms with Crippen molar-refractivity contribution >= 4 is 0 Å². The molecule has 2 heterocycles. The molecule has 0 bridgehead atoms. The zero-order valence-corrected chi connectivity index (χ0v) is 8.51. The highest BCUT2D eigenvalue weighted by atomic mass is 16.5. The smallest absolute Gasteiger partial charge is 0.0647 e. The van der Waals surface area contributed by atoms with Gasteiger partial charge in [0.25, 0.3) is 0 Å². The minimum Gasteiger partial charge on any atom is -0.380 e. The summed E-state index contributed by atoms with van der Waals surface area (Å²) in [5.74, 6) is 0. The number of hydrogen-bond donors (Lipinski definition) is 1. The minimum absolute atomic E-state index is 0.320. The van der Waals surface area contributed by atoms with Gasteiger partial charge in [0.05, 0.1) is 6.61 Å². The molecule has 2 aliphatic rings. The summed E-state index contributed by atoms with van der Waals surface area (Å²) in [6, 6.07) is 0. The zero-order valence-electron chi connectivity index (χ0n) is 8.51. The summed E-state index contributed by atoms with van der Waals surface area (Å²) in [7, 11) is 0. The number of rotatable bonds is 1. The lowest BCUT2D eigenvalue weighted by Gasteiger charge is -2.45. The quantitative estimate of drug-likeness (QED) is 0.641. The summed E-state index contributed by atoms with van der Waals surface area (Å²) >= 11 is 0. The van der Waals surface area contributed by atoms with Crippen LogP contribution in [0.25, 0.3) is 0 Å². The first kappa shape index (κ1) is 9.44. The summed E-state index contributed by atoms with van der Waals surface area (Å²) < 4.78 is 5.58. The van der Waals surface area contributed by atoms with Crippen LogP contribution in [0.5, 0.6) is 0 Å². The van der Waals surface area contributed by atoms with Gasteiger partial charge in [-0.2, -0.15) is 0 Å². The van der Waals surface area contributed by atoms with Gasteiger partial charge in [-0.05, 0) is 19.8 Å². The highest BCUT2D eigenvalue weighted by molar-refractivity contribution is 4.90. The first-order valence-corrected chi connectivity index (χ1v) is 5.35. The van der Waals surface area contributed by atoms with E-state index in [1.165, 1.54) is 25.9 Å². The van der Waals surface area contributed by atoms with E-state index in [1.54, 1.807) is 0 Å². The van der Waals surface area contributed by atoms with Gasteiger partial charge in [0, 0.05) is 38.3 Å². The molecule has 0 amide bonds. The van der Waals surface area contributed by atoms with E-state index in [2.05, 4.69) is 17.1 Å². The van der Waals surface area contributed by atoms with Gasteiger partial charge >= 0.3 is 0 Å². The maximum absolute atomic E-state index is 5.58. The Hall–Kier alpha value is -0.120. The number of nitrogens with zero attached hydrogens (tertiary/aromatic N) is 1. The molecule has 0 radical (unpaired) electrons. The molecule has 0 aliphatic carbocycles. The Morgan fingerprint density at radius 3 is 2.69 bits per heavy atom. The third-order valence-corrected chi connectivity index (χ3v) is 3.30. The lowest BCUT2D eigenvalue weighted by molar-refractivity contribution is -0.0438. The van der Waals surface area contributed by atoms with Crippen molar-refractivity contribution < 1.29 is 4.74 Å². The Balaban J connectivity index is 1.94. The van der Waals surface area contributed by atoms with Crippen LogP contribution in [0.15, 0.2) is 0 Å². The first-order valence-electron chi connectivity index (χ1n) is 5.35. The number of nitrogens with one attached hydrogen (secondary N) is 1. The van der Waals surface area contributed by atoms with Gasteiger partial charge in [-0.1, -0.05) is 0 Å². The number of piperazine rings is 1. The van der Waals surface area contributed by atoms with Gasteiger partial charge < -0.3 is 10.1 Å². The van der Waals surface area contributed by atoms with Crippen LogP contribution in [0.3, 0.4) is 0 Å². The predicted octanol–water partition coefficient (Wildman–Crippen LogP) is 0.461. The second-order valence-electron chi connectivity index (χ2n) is 4.39. The molecule has 0 saturated carbocycles. The normalized spacial score (nSPS) is 37.6. The van der Waals surface area contributed by atoms with Crippen LogP contribution in [0, 0.1) is 0 Å². The lowest BCUT2D eigenvalue weighted by atomic mass is 9.92. The molecule has 2 fully saturated rings. The predicted molar refractivity (Wildman–Crippen MR) is 52.9 cm³/mol. The Kier molecular flexibility index (Phi) is 2.86. The maximum Gasteiger partial charge on any atom is 0.0647 e. The molecular formula is C10H20N2O. The molecular weight excluding hydrogens is 164 g/mol. The van der Waals surface area contributed by atoms with Crippen molar-refractivity contribution in [3.63, 3.8) is 0 Å². The second kappa shape index (κ2) is 3.95. The van der Waals surface area contributed by atoms with Gasteiger partial charge in [0.1, 0.15) is 0 Å². The fourth-order valence-corrected chi connectivity index (χ4v) is 2.37. The molecule has 3 heteroatoms. The Morgan fingerprint density at radius 1 is 1.31 bits per heavy atom. The topological polar surface area (TPSA) is 24.5 Å².